The summed E-state index contributed by atoms with van der Waals surface area (Å²) < 4.78 is 3.59. The number of anilines is 1. The maximum atomic E-state index is 4.31. The Balaban J connectivity index is 1.82. The topological polar surface area (TPSA) is 72.9 Å². The second-order valence-corrected chi connectivity index (χ2v) is 4.53. The van der Waals surface area contributed by atoms with Gasteiger partial charge in [-0.05, 0) is 19.9 Å². The minimum atomic E-state index is 0.217. The quantitative estimate of drug-likeness (QED) is 0.758. The standard InChI is InChI=1S/C12H15N7/c1-9-6-11(19-12(17-9)13-8-15-19)16-10(2)7-18-5-3-4-14-18/h3-6,8,10,16H,7H2,1-2H3. The van der Waals surface area contributed by atoms with Crippen molar-refractivity contribution in [3.8, 4) is 0 Å². The molecule has 0 saturated heterocycles. The van der Waals surface area contributed by atoms with Crippen molar-refractivity contribution >= 4 is 11.6 Å². The zero-order chi connectivity index (χ0) is 13.2. The number of nitrogens with one attached hydrogen (secondary N) is 1. The molecule has 3 aromatic heterocycles. The van der Waals surface area contributed by atoms with E-state index in [4.69, 9.17) is 0 Å². The molecule has 3 heterocycles. The van der Waals surface area contributed by atoms with Gasteiger partial charge >= 0.3 is 0 Å². The van der Waals surface area contributed by atoms with Gasteiger partial charge < -0.3 is 5.32 Å². The van der Waals surface area contributed by atoms with Gasteiger partial charge in [0.2, 0.25) is 0 Å². The molecule has 98 valence electrons. The highest BCUT2D eigenvalue weighted by Crippen LogP contribution is 2.11. The molecular formula is C12H15N7. The third kappa shape index (κ3) is 2.40. The van der Waals surface area contributed by atoms with Gasteiger partial charge in [-0.1, -0.05) is 0 Å². The van der Waals surface area contributed by atoms with E-state index in [9.17, 15) is 0 Å². The summed E-state index contributed by atoms with van der Waals surface area (Å²) in [6.45, 7) is 4.82. The SMILES string of the molecule is Cc1cc(NC(C)Cn2cccn2)n2ncnc2n1. The lowest BCUT2D eigenvalue weighted by Crippen LogP contribution is -2.23. The molecule has 3 aromatic rings. The summed E-state index contributed by atoms with van der Waals surface area (Å²) in [5.41, 5.74) is 0.911. The summed E-state index contributed by atoms with van der Waals surface area (Å²) in [5.74, 6) is 1.49. The van der Waals surface area contributed by atoms with E-state index in [1.54, 1.807) is 10.7 Å². The lowest BCUT2D eigenvalue weighted by molar-refractivity contribution is 0.558. The number of hydrogen-bond acceptors (Lipinski definition) is 5. The second-order valence-electron chi connectivity index (χ2n) is 4.53. The smallest absolute Gasteiger partial charge is 0.254 e. The van der Waals surface area contributed by atoms with E-state index in [0.717, 1.165) is 18.1 Å². The highest BCUT2D eigenvalue weighted by Gasteiger charge is 2.09. The van der Waals surface area contributed by atoms with Crippen LogP contribution >= 0.6 is 0 Å². The Bertz CT molecular complexity index is 671. The summed E-state index contributed by atoms with van der Waals surface area (Å²) in [4.78, 5) is 8.42. The Morgan fingerprint density at radius 2 is 2.26 bits per heavy atom. The average Bonchev–Trinajstić information content (AvgIpc) is 2.99. The van der Waals surface area contributed by atoms with Gasteiger partial charge in [0.25, 0.3) is 5.78 Å². The van der Waals surface area contributed by atoms with Crippen molar-refractivity contribution in [1.29, 1.82) is 0 Å². The molecule has 0 radical (unpaired) electrons. The fourth-order valence-corrected chi connectivity index (χ4v) is 2.02. The van der Waals surface area contributed by atoms with Crippen LogP contribution in [0.15, 0.2) is 30.9 Å². The molecule has 0 spiro atoms. The first kappa shape index (κ1) is 11.6. The first-order valence-corrected chi connectivity index (χ1v) is 6.14. The highest BCUT2D eigenvalue weighted by atomic mass is 15.4. The summed E-state index contributed by atoms with van der Waals surface area (Å²) >= 11 is 0. The predicted molar refractivity (Wildman–Crippen MR) is 70.8 cm³/mol. The van der Waals surface area contributed by atoms with Crippen LogP contribution in [-0.2, 0) is 6.54 Å². The second kappa shape index (κ2) is 4.68. The molecule has 0 amide bonds. The Morgan fingerprint density at radius 1 is 1.37 bits per heavy atom. The van der Waals surface area contributed by atoms with Gasteiger partial charge in [0.05, 0.1) is 6.54 Å². The minimum Gasteiger partial charge on any atom is -0.366 e. The summed E-state index contributed by atoms with van der Waals surface area (Å²) in [6.07, 6.45) is 5.23. The number of nitrogens with zero attached hydrogens (tertiary/aromatic N) is 6. The van der Waals surface area contributed by atoms with Crippen LogP contribution in [0.5, 0.6) is 0 Å². The third-order valence-corrected chi connectivity index (χ3v) is 2.79. The minimum absolute atomic E-state index is 0.217. The van der Waals surface area contributed by atoms with Gasteiger partial charge in [-0.3, -0.25) is 4.68 Å². The molecule has 3 rings (SSSR count). The zero-order valence-electron chi connectivity index (χ0n) is 10.9. The molecule has 1 unspecified atom stereocenters. The van der Waals surface area contributed by atoms with Crippen LogP contribution in [0.4, 0.5) is 5.82 Å². The van der Waals surface area contributed by atoms with Crippen molar-refractivity contribution in [2.75, 3.05) is 5.32 Å². The van der Waals surface area contributed by atoms with Gasteiger partial charge in [-0.25, -0.2) is 4.98 Å². The van der Waals surface area contributed by atoms with Crippen molar-refractivity contribution in [3.63, 3.8) is 0 Å². The summed E-state index contributed by atoms with van der Waals surface area (Å²) in [7, 11) is 0. The maximum absolute atomic E-state index is 4.31. The molecular weight excluding hydrogens is 242 g/mol. The molecule has 0 fully saturated rings. The Morgan fingerprint density at radius 3 is 3.05 bits per heavy atom. The fourth-order valence-electron chi connectivity index (χ4n) is 2.02. The zero-order valence-corrected chi connectivity index (χ0v) is 10.9. The van der Waals surface area contributed by atoms with Crippen LogP contribution in [0.2, 0.25) is 0 Å². The number of rotatable bonds is 4. The van der Waals surface area contributed by atoms with Crippen LogP contribution in [0.1, 0.15) is 12.6 Å². The molecule has 1 N–H and O–H groups in total. The average molecular weight is 257 g/mol. The van der Waals surface area contributed by atoms with E-state index >= 15 is 0 Å². The molecule has 0 saturated carbocycles. The molecule has 0 bridgehead atoms. The first-order chi connectivity index (χ1) is 9.22. The molecule has 7 nitrogen and oxygen atoms in total. The van der Waals surface area contributed by atoms with Crippen LogP contribution in [0.3, 0.4) is 0 Å². The van der Waals surface area contributed by atoms with E-state index in [1.165, 1.54) is 6.33 Å². The van der Waals surface area contributed by atoms with Crippen molar-refractivity contribution in [2.24, 2.45) is 0 Å². The molecule has 19 heavy (non-hydrogen) atoms. The normalized spacial score (nSPS) is 12.7. The van der Waals surface area contributed by atoms with Crippen LogP contribution in [0, 0.1) is 6.92 Å². The molecule has 7 heteroatoms. The molecule has 0 aliphatic heterocycles. The monoisotopic (exact) mass is 257 g/mol. The van der Waals surface area contributed by atoms with Crippen LogP contribution in [-0.4, -0.2) is 35.4 Å². The van der Waals surface area contributed by atoms with Crippen LogP contribution in [0.25, 0.3) is 5.78 Å². The highest BCUT2D eigenvalue weighted by molar-refractivity contribution is 5.45. The molecule has 0 aliphatic rings. The lowest BCUT2D eigenvalue weighted by Gasteiger charge is -2.16. The Hall–Kier alpha value is -2.44. The van der Waals surface area contributed by atoms with Gasteiger partial charge in [-0.15, -0.1) is 0 Å². The largest absolute Gasteiger partial charge is 0.366 e. The van der Waals surface area contributed by atoms with E-state index < -0.39 is 0 Å². The van der Waals surface area contributed by atoms with Crippen LogP contribution < -0.4 is 5.32 Å². The molecule has 0 aliphatic carbocycles. The number of fused-ring (bicyclic) bond motifs is 1. The van der Waals surface area contributed by atoms with Crippen molar-refractivity contribution < 1.29 is 0 Å². The third-order valence-electron chi connectivity index (χ3n) is 2.79. The Labute approximate surface area is 110 Å². The van der Waals surface area contributed by atoms with E-state index in [-0.39, 0.29) is 6.04 Å². The van der Waals surface area contributed by atoms with Gasteiger partial charge in [0, 0.05) is 30.2 Å². The van der Waals surface area contributed by atoms with E-state index in [1.807, 2.05) is 29.9 Å². The van der Waals surface area contributed by atoms with E-state index in [2.05, 4.69) is 32.4 Å². The number of hydrogen-bond donors (Lipinski definition) is 1. The Kier molecular flexibility index (Phi) is 2.86. The predicted octanol–water partition coefficient (Wildman–Crippen LogP) is 1.13. The maximum Gasteiger partial charge on any atom is 0.254 e. The first-order valence-electron chi connectivity index (χ1n) is 6.14. The number of aromatic nitrogens is 6. The summed E-state index contributed by atoms with van der Waals surface area (Å²) in [5, 5.41) is 11.8. The molecule has 1 atom stereocenters. The summed E-state index contributed by atoms with van der Waals surface area (Å²) in [6, 6.07) is 4.09. The van der Waals surface area contributed by atoms with Gasteiger partial charge in [0.1, 0.15) is 12.1 Å². The van der Waals surface area contributed by atoms with Crippen molar-refractivity contribution in [2.45, 2.75) is 26.4 Å². The number of aryl methyl sites for hydroxylation is 1. The van der Waals surface area contributed by atoms with Gasteiger partial charge in [-0.2, -0.15) is 19.7 Å². The lowest BCUT2D eigenvalue weighted by atomic mass is 10.3. The van der Waals surface area contributed by atoms with Gasteiger partial charge in [0.15, 0.2) is 0 Å². The molecule has 0 aromatic carbocycles. The van der Waals surface area contributed by atoms with Crippen molar-refractivity contribution in [1.82, 2.24) is 29.4 Å². The fraction of sp³-hybridized carbons (Fsp3) is 0.333. The van der Waals surface area contributed by atoms with Crippen molar-refractivity contribution in [3.05, 3.63) is 36.5 Å². The van der Waals surface area contributed by atoms with E-state index in [0.29, 0.717) is 5.78 Å².